The highest BCUT2D eigenvalue weighted by molar-refractivity contribution is 5.88. The van der Waals surface area contributed by atoms with E-state index in [0.29, 0.717) is 36.6 Å². The number of benzene rings is 2. The number of rotatable bonds is 12. The third-order valence-electron chi connectivity index (χ3n) is 6.26. The van der Waals surface area contributed by atoms with Gasteiger partial charge in [-0.25, -0.2) is 0 Å². The summed E-state index contributed by atoms with van der Waals surface area (Å²) in [6, 6.07) is 14.8. The fourth-order valence-electron chi connectivity index (χ4n) is 4.36. The fourth-order valence-corrected chi connectivity index (χ4v) is 4.36. The molecule has 184 valence electrons. The van der Waals surface area contributed by atoms with Gasteiger partial charge < -0.3 is 24.4 Å². The van der Waals surface area contributed by atoms with Crippen molar-refractivity contribution in [2.24, 2.45) is 0 Å². The van der Waals surface area contributed by atoms with Crippen LogP contribution in [0.1, 0.15) is 44.6 Å². The highest BCUT2D eigenvalue weighted by atomic mass is 16.5. The first kappa shape index (κ1) is 25.4. The summed E-state index contributed by atoms with van der Waals surface area (Å²) >= 11 is 0. The number of nitrogens with zero attached hydrogens (tertiary/aromatic N) is 1. The largest absolute Gasteiger partial charge is 0.496 e. The van der Waals surface area contributed by atoms with E-state index in [0.717, 1.165) is 31.2 Å². The van der Waals surface area contributed by atoms with Gasteiger partial charge in [-0.05, 0) is 31.2 Å². The highest BCUT2D eigenvalue weighted by Gasteiger charge is 2.30. The van der Waals surface area contributed by atoms with Crippen LogP contribution in [0.2, 0.25) is 0 Å². The van der Waals surface area contributed by atoms with E-state index in [1.54, 1.807) is 37.3 Å². The zero-order chi connectivity index (χ0) is 24.3. The van der Waals surface area contributed by atoms with Crippen LogP contribution in [0.3, 0.4) is 0 Å². The standard InChI is InChI=1S/C27H36N2O5/c1-4-25(27(31)28-21-12-8-9-13-21)29(15-14-20-10-6-5-7-11-20)26(30)19-34-24-17-22(32-2)16-23(18-24)33-3/h5-7,10-11,16-18,21,25H,4,8-9,12-15,19H2,1-3H3,(H,28,31)/t25-/m1/s1. The molecule has 2 aromatic carbocycles. The van der Waals surface area contributed by atoms with Gasteiger partial charge in [0.25, 0.3) is 5.91 Å². The van der Waals surface area contributed by atoms with Gasteiger partial charge in [-0.15, -0.1) is 0 Å². The van der Waals surface area contributed by atoms with Crippen molar-refractivity contribution in [3.05, 3.63) is 54.1 Å². The Morgan fingerprint density at radius 1 is 1.00 bits per heavy atom. The molecule has 7 heteroatoms. The minimum atomic E-state index is -0.541. The van der Waals surface area contributed by atoms with Crippen LogP contribution in [0.15, 0.2) is 48.5 Å². The highest BCUT2D eigenvalue weighted by Crippen LogP contribution is 2.27. The summed E-state index contributed by atoms with van der Waals surface area (Å²) in [7, 11) is 3.12. The molecule has 1 aliphatic rings. The van der Waals surface area contributed by atoms with E-state index in [-0.39, 0.29) is 24.5 Å². The molecule has 0 heterocycles. The van der Waals surface area contributed by atoms with E-state index >= 15 is 0 Å². The van der Waals surface area contributed by atoms with E-state index in [1.165, 1.54) is 0 Å². The lowest BCUT2D eigenvalue weighted by Gasteiger charge is -2.31. The molecule has 1 saturated carbocycles. The van der Waals surface area contributed by atoms with E-state index in [4.69, 9.17) is 14.2 Å². The Balaban J connectivity index is 1.72. The maximum atomic E-state index is 13.3. The SMILES string of the molecule is CC[C@H](C(=O)NC1CCCC1)N(CCc1ccccc1)C(=O)COc1cc(OC)cc(OC)c1. The second-order valence-electron chi connectivity index (χ2n) is 8.57. The first-order valence-electron chi connectivity index (χ1n) is 12.0. The van der Waals surface area contributed by atoms with Crippen molar-refractivity contribution in [3.8, 4) is 17.2 Å². The summed E-state index contributed by atoms with van der Waals surface area (Å²) in [6.07, 6.45) is 5.47. The van der Waals surface area contributed by atoms with Crippen molar-refractivity contribution in [2.75, 3.05) is 27.4 Å². The predicted molar refractivity (Wildman–Crippen MR) is 131 cm³/mol. The Kier molecular flexibility index (Phi) is 9.62. The second kappa shape index (κ2) is 12.9. The lowest BCUT2D eigenvalue weighted by atomic mass is 10.1. The van der Waals surface area contributed by atoms with Crippen molar-refractivity contribution in [2.45, 2.75) is 57.5 Å². The van der Waals surface area contributed by atoms with Crippen molar-refractivity contribution in [1.29, 1.82) is 0 Å². The maximum Gasteiger partial charge on any atom is 0.261 e. The molecule has 0 spiro atoms. The van der Waals surface area contributed by atoms with Gasteiger partial charge in [-0.1, -0.05) is 50.1 Å². The van der Waals surface area contributed by atoms with E-state index in [1.807, 2.05) is 37.3 Å². The molecule has 1 atom stereocenters. The van der Waals surface area contributed by atoms with Crippen LogP contribution < -0.4 is 19.5 Å². The van der Waals surface area contributed by atoms with Crippen LogP contribution in [0, 0.1) is 0 Å². The Morgan fingerprint density at radius 2 is 1.62 bits per heavy atom. The zero-order valence-electron chi connectivity index (χ0n) is 20.4. The molecular weight excluding hydrogens is 432 g/mol. The van der Waals surface area contributed by atoms with E-state index in [2.05, 4.69) is 5.32 Å². The Morgan fingerprint density at radius 3 is 2.21 bits per heavy atom. The number of carbonyl (C=O) groups excluding carboxylic acids is 2. The van der Waals surface area contributed by atoms with Gasteiger partial charge in [-0.3, -0.25) is 9.59 Å². The van der Waals surface area contributed by atoms with Gasteiger partial charge in [0.1, 0.15) is 23.3 Å². The summed E-state index contributed by atoms with van der Waals surface area (Å²) < 4.78 is 16.4. The van der Waals surface area contributed by atoms with Crippen LogP contribution in [0.5, 0.6) is 17.2 Å². The first-order chi connectivity index (χ1) is 16.5. The molecule has 7 nitrogen and oxygen atoms in total. The van der Waals surface area contributed by atoms with Crippen LogP contribution in [-0.2, 0) is 16.0 Å². The Bertz CT molecular complexity index is 906. The number of carbonyl (C=O) groups is 2. The molecule has 1 N–H and O–H groups in total. The molecule has 0 aliphatic heterocycles. The molecule has 0 aromatic heterocycles. The smallest absolute Gasteiger partial charge is 0.261 e. The Labute approximate surface area is 202 Å². The van der Waals surface area contributed by atoms with Gasteiger partial charge in [0.2, 0.25) is 5.91 Å². The minimum Gasteiger partial charge on any atom is -0.496 e. The average molecular weight is 469 g/mol. The van der Waals surface area contributed by atoms with Crippen LogP contribution in [0.4, 0.5) is 0 Å². The summed E-state index contributed by atoms with van der Waals surface area (Å²) in [5, 5.41) is 3.16. The molecule has 2 amide bonds. The second-order valence-corrected chi connectivity index (χ2v) is 8.57. The third-order valence-corrected chi connectivity index (χ3v) is 6.26. The number of nitrogens with one attached hydrogen (secondary N) is 1. The van der Waals surface area contributed by atoms with Crippen molar-refractivity contribution >= 4 is 11.8 Å². The normalized spacial score (nSPS) is 14.3. The number of ether oxygens (including phenoxy) is 3. The molecule has 0 bridgehead atoms. The number of amides is 2. The van der Waals surface area contributed by atoms with Gasteiger partial charge in [-0.2, -0.15) is 0 Å². The molecule has 0 radical (unpaired) electrons. The minimum absolute atomic E-state index is 0.0844. The Hall–Kier alpha value is -3.22. The number of hydrogen-bond acceptors (Lipinski definition) is 5. The molecule has 0 unspecified atom stereocenters. The van der Waals surface area contributed by atoms with Crippen molar-refractivity contribution in [1.82, 2.24) is 10.2 Å². The summed E-state index contributed by atoms with van der Waals surface area (Å²) in [4.78, 5) is 28.2. The van der Waals surface area contributed by atoms with E-state index in [9.17, 15) is 9.59 Å². The lowest BCUT2D eigenvalue weighted by Crippen LogP contribution is -2.52. The van der Waals surface area contributed by atoms with Crippen LogP contribution >= 0.6 is 0 Å². The van der Waals surface area contributed by atoms with Gasteiger partial charge in [0.05, 0.1) is 14.2 Å². The third kappa shape index (κ3) is 7.14. The summed E-state index contributed by atoms with van der Waals surface area (Å²) in [5.74, 6) is 1.30. The van der Waals surface area contributed by atoms with Crippen molar-refractivity contribution in [3.63, 3.8) is 0 Å². The van der Waals surface area contributed by atoms with Crippen molar-refractivity contribution < 1.29 is 23.8 Å². The lowest BCUT2D eigenvalue weighted by molar-refractivity contribution is -0.142. The quantitative estimate of drug-likeness (QED) is 0.510. The topological polar surface area (TPSA) is 77.1 Å². The molecule has 1 aliphatic carbocycles. The number of methoxy groups -OCH3 is 2. The van der Waals surface area contributed by atoms with Gasteiger partial charge >= 0.3 is 0 Å². The predicted octanol–water partition coefficient (Wildman–Crippen LogP) is 3.99. The fraction of sp³-hybridized carbons (Fsp3) is 0.481. The molecule has 0 saturated heterocycles. The maximum absolute atomic E-state index is 13.3. The van der Waals surface area contributed by atoms with Gasteiger partial charge in [0.15, 0.2) is 6.61 Å². The number of hydrogen-bond donors (Lipinski definition) is 1. The van der Waals surface area contributed by atoms with Gasteiger partial charge in [0, 0.05) is 30.8 Å². The molecular formula is C27H36N2O5. The first-order valence-corrected chi connectivity index (χ1v) is 12.0. The van der Waals surface area contributed by atoms with Crippen LogP contribution in [0.25, 0.3) is 0 Å². The average Bonchev–Trinajstić information content (AvgIpc) is 3.38. The van der Waals surface area contributed by atoms with Crippen LogP contribution in [-0.4, -0.2) is 56.2 Å². The zero-order valence-corrected chi connectivity index (χ0v) is 20.4. The summed E-state index contributed by atoms with van der Waals surface area (Å²) in [6.45, 7) is 2.19. The summed E-state index contributed by atoms with van der Waals surface area (Å²) in [5.41, 5.74) is 1.12. The molecule has 3 rings (SSSR count). The van der Waals surface area contributed by atoms with E-state index < -0.39 is 6.04 Å². The molecule has 2 aromatic rings. The monoisotopic (exact) mass is 468 g/mol. The molecule has 34 heavy (non-hydrogen) atoms. The molecule has 1 fully saturated rings.